The Morgan fingerprint density at radius 1 is 1.31 bits per heavy atom. The monoisotopic (exact) mass is 230 g/mol. The Morgan fingerprint density at radius 2 is 1.88 bits per heavy atom. The van der Waals surface area contributed by atoms with Gasteiger partial charge in [-0.2, -0.15) is 0 Å². The van der Waals surface area contributed by atoms with Gasteiger partial charge in [0, 0.05) is 20.1 Å². The molecule has 1 atom stereocenters. The molecule has 0 aromatic carbocycles. The van der Waals surface area contributed by atoms with Crippen LogP contribution < -0.4 is 0 Å². The van der Waals surface area contributed by atoms with Gasteiger partial charge in [-0.05, 0) is 14.0 Å². The SMILES string of the molecule is CCN(C)C(=O)CN(C)CC(C)C(=O)OC. The molecule has 0 saturated heterocycles. The van der Waals surface area contributed by atoms with Crippen LogP contribution in [-0.2, 0) is 14.3 Å². The molecule has 0 aliphatic carbocycles. The van der Waals surface area contributed by atoms with Crippen LogP contribution in [0.4, 0.5) is 0 Å². The zero-order chi connectivity index (χ0) is 12.7. The van der Waals surface area contributed by atoms with Gasteiger partial charge in [-0.1, -0.05) is 6.92 Å². The normalized spacial score (nSPS) is 12.4. The van der Waals surface area contributed by atoms with Crippen LogP contribution in [0.25, 0.3) is 0 Å². The van der Waals surface area contributed by atoms with E-state index in [0.717, 1.165) is 0 Å². The summed E-state index contributed by atoms with van der Waals surface area (Å²) in [4.78, 5) is 26.2. The molecule has 0 aromatic heterocycles. The lowest BCUT2D eigenvalue weighted by Gasteiger charge is -2.22. The molecule has 1 unspecified atom stereocenters. The molecular formula is C11H22N2O3. The molecule has 0 N–H and O–H groups in total. The molecule has 0 aliphatic rings. The summed E-state index contributed by atoms with van der Waals surface area (Å²) in [7, 11) is 4.95. The summed E-state index contributed by atoms with van der Waals surface area (Å²) in [5.74, 6) is -0.403. The van der Waals surface area contributed by atoms with Gasteiger partial charge in [0.2, 0.25) is 5.91 Å². The average molecular weight is 230 g/mol. The number of nitrogens with zero attached hydrogens (tertiary/aromatic N) is 2. The Balaban J connectivity index is 4.03. The van der Waals surface area contributed by atoms with E-state index in [9.17, 15) is 9.59 Å². The van der Waals surface area contributed by atoms with Crippen LogP contribution in [-0.4, -0.2) is 62.5 Å². The van der Waals surface area contributed by atoms with E-state index in [4.69, 9.17) is 0 Å². The van der Waals surface area contributed by atoms with Gasteiger partial charge >= 0.3 is 5.97 Å². The van der Waals surface area contributed by atoms with E-state index in [1.165, 1.54) is 7.11 Å². The van der Waals surface area contributed by atoms with E-state index >= 15 is 0 Å². The Kier molecular flexibility index (Phi) is 6.72. The van der Waals surface area contributed by atoms with Crippen molar-refractivity contribution >= 4 is 11.9 Å². The van der Waals surface area contributed by atoms with E-state index in [0.29, 0.717) is 19.6 Å². The van der Waals surface area contributed by atoms with Crippen LogP contribution in [0.15, 0.2) is 0 Å². The predicted octanol–water partition coefficient (Wildman–Crippen LogP) is 0.206. The molecule has 0 bridgehead atoms. The zero-order valence-electron chi connectivity index (χ0n) is 10.8. The molecule has 5 heteroatoms. The van der Waals surface area contributed by atoms with Crippen molar-refractivity contribution in [2.45, 2.75) is 13.8 Å². The number of esters is 1. The van der Waals surface area contributed by atoms with Gasteiger partial charge in [-0.25, -0.2) is 0 Å². The highest BCUT2D eigenvalue weighted by molar-refractivity contribution is 5.78. The molecule has 16 heavy (non-hydrogen) atoms. The summed E-state index contributed by atoms with van der Waals surface area (Å²) < 4.78 is 4.63. The highest BCUT2D eigenvalue weighted by atomic mass is 16.5. The van der Waals surface area contributed by atoms with Gasteiger partial charge in [-0.3, -0.25) is 14.5 Å². The van der Waals surface area contributed by atoms with Gasteiger partial charge < -0.3 is 9.64 Å². The third-order valence-electron chi connectivity index (χ3n) is 2.49. The summed E-state index contributed by atoms with van der Waals surface area (Å²) in [6.07, 6.45) is 0. The number of carbonyl (C=O) groups is 2. The van der Waals surface area contributed by atoms with Crippen molar-refractivity contribution in [2.24, 2.45) is 5.92 Å². The van der Waals surface area contributed by atoms with E-state index in [1.807, 2.05) is 18.9 Å². The summed E-state index contributed by atoms with van der Waals surface area (Å²) in [5, 5.41) is 0. The maximum Gasteiger partial charge on any atom is 0.309 e. The van der Waals surface area contributed by atoms with Crippen molar-refractivity contribution in [3.8, 4) is 0 Å². The molecule has 0 fully saturated rings. The van der Waals surface area contributed by atoms with Crippen molar-refractivity contribution in [1.82, 2.24) is 9.80 Å². The first-order chi connectivity index (χ1) is 7.42. The molecular weight excluding hydrogens is 208 g/mol. The fourth-order valence-electron chi connectivity index (χ4n) is 1.34. The smallest absolute Gasteiger partial charge is 0.309 e. The average Bonchev–Trinajstić information content (AvgIpc) is 2.26. The van der Waals surface area contributed by atoms with E-state index < -0.39 is 0 Å². The Bertz CT molecular complexity index is 243. The maximum atomic E-state index is 11.6. The Hall–Kier alpha value is -1.10. The number of rotatable bonds is 6. The van der Waals surface area contributed by atoms with E-state index in [-0.39, 0.29) is 17.8 Å². The number of hydrogen-bond donors (Lipinski definition) is 0. The summed E-state index contributed by atoms with van der Waals surface area (Å²) in [5.41, 5.74) is 0. The lowest BCUT2D eigenvalue weighted by Crippen LogP contribution is -2.39. The molecule has 5 nitrogen and oxygen atoms in total. The van der Waals surface area contributed by atoms with Gasteiger partial charge in [0.25, 0.3) is 0 Å². The van der Waals surface area contributed by atoms with Crippen LogP contribution >= 0.6 is 0 Å². The highest BCUT2D eigenvalue weighted by Gasteiger charge is 2.17. The molecule has 0 aromatic rings. The molecule has 0 aliphatic heterocycles. The Labute approximate surface area is 97.3 Å². The van der Waals surface area contributed by atoms with Crippen molar-refractivity contribution in [3.63, 3.8) is 0 Å². The first-order valence-corrected chi connectivity index (χ1v) is 5.42. The van der Waals surface area contributed by atoms with E-state index in [1.54, 1.807) is 18.9 Å². The second kappa shape index (κ2) is 7.22. The van der Waals surface area contributed by atoms with Gasteiger partial charge in [0.1, 0.15) is 0 Å². The van der Waals surface area contributed by atoms with Crippen molar-refractivity contribution in [3.05, 3.63) is 0 Å². The number of amides is 1. The minimum Gasteiger partial charge on any atom is -0.469 e. The number of likely N-dealkylation sites (N-methyl/N-ethyl adjacent to an activating group) is 2. The van der Waals surface area contributed by atoms with Gasteiger partial charge in [0.05, 0.1) is 19.6 Å². The van der Waals surface area contributed by atoms with Crippen LogP contribution in [0.1, 0.15) is 13.8 Å². The standard InChI is InChI=1S/C11H22N2O3/c1-6-13(4)10(14)8-12(3)7-9(2)11(15)16-5/h9H,6-8H2,1-5H3. The Morgan fingerprint density at radius 3 is 2.31 bits per heavy atom. The van der Waals surface area contributed by atoms with Crippen molar-refractivity contribution in [1.29, 1.82) is 0 Å². The second-order valence-corrected chi connectivity index (χ2v) is 4.03. The number of methoxy groups -OCH3 is 1. The lowest BCUT2D eigenvalue weighted by molar-refractivity contribution is -0.146. The minimum absolute atomic E-state index is 0.0575. The van der Waals surface area contributed by atoms with E-state index in [2.05, 4.69) is 4.74 Å². The van der Waals surface area contributed by atoms with Crippen molar-refractivity contribution < 1.29 is 14.3 Å². The minimum atomic E-state index is -0.247. The highest BCUT2D eigenvalue weighted by Crippen LogP contribution is 2.01. The van der Waals surface area contributed by atoms with Crippen molar-refractivity contribution in [2.75, 3.05) is 40.8 Å². The van der Waals surface area contributed by atoms with Crippen LogP contribution in [0.3, 0.4) is 0 Å². The molecule has 0 rings (SSSR count). The molecule has 0 spiro atoms. The number of hydrogen-bond acceptors (Lipinski definition) is 4. The topological polar surface area (TPSA) is 49.9 Å². The summed E-state index contributed by atoms with van der Waals surface area (Å²) >= 11 is 0. The van der Waals surface area contributed by atoms with Gasteiger partial charge in [0.15, 0.2) is 0 Å². The predicted molar refractivity (Wildman–Crippen MR) is 62.0 cm³/mol. The first kappa shape index (κ1) is 14.9. The number of carbonyl (C=O) groups excluding carboxylic acids is 2. The fourth-order valence-corrected chi connectivity index (χ4v) is 1.34. The quantitative estimate of drug-likeness (QED) is 0.612. The van der Waals surface area contributed by atoms with Crippen LogP contribution in [0.5, 0.6) is 0 Å². The maximum absolute atomic E-state index is 11.6. The molecule has 1 amide bonds. The zero-order valence-corrected chi connectivity index (χ0v) is 10.8. The lowest BCUT2D eigenvalue weighted by atomic mass is 10.2. The fraction of sp³-hybridized carbons (Fsp3) is 0.818. The third kappa shape index (κ3) is 5.11. The second-order valence-electron chi connectivity index (χ2n) is 4.03. The largest absolute Gasteiger partial charge is 0.469 e. The van der Waals surface area contributed by atoms with Gasteiger partial charge in [-0.15, -0.1) is 0 Å². The molecule has 0 saturated carbocycles. The van der Waals surface area contributed by atoms with Crippen LogP contribution in [0, 0.1) is 5.92 Å². The summed E-state index contributed by atoms with van der Waals surface area (Å²) in [6.45, 7) is 5.26. The number of ether oxygens (including phenoxy) is 1. The summed E-state index contributed by atoms with van der Waals surface area (Å²) in [6, 6.07) is 0. The first-order valence-electron chi connectivity index (χ1n) is 5.42. The third-order valence-corrected chi connectivity index (χ3v) is 2.49. The molecule has 0 heterocycles. The van der Waals surface area contributed by atoms with Crippen LogP contribution in [0.2, 0.25) is 0 Å². The molecule has 94 valence electrons. The molecule has 0 radical (unpaired) electrons.